The SMILES string of the molecule is O=C(Cc1cccnc1)Nc1ccc(F)nc1F. The van der Waals surface area contributed by atoms with Gasteiger partial charge in [0, 0.05) is 12.4 Å². The third-order valence-corrected chi connectivity index (χ3v) is 2.18. The summed E-state index contributed by atoms with van der Waals surface area (Å²) in [5.74, 6) is -2.40. The van der Waals surface area contributed by atoms with Crippen LogP contribution in [0.4, 0.5) is 14.5 Å². The third kappa shape index (κ3) is 3.07. The molecule has 1 amide bonds. The van der Waals surface area contributed by atoms with Crippen molar-refractivity contribution in [3.63, 3.8) is 0 Å². The highest BCUT2D eigenvalue weighted by atomic mass is 19.1. The van der Waals surface area contributed by atoms with Crippen molar-refractivity contribution in [3.8, 4) is 0 Å². The lowest BCUT2D eigenvalue weighted by molar-refractivity contribution is -0.115. The summed E-state index contributed by atoms with van der Waals surface area (Å²) in [6.45, 7) is 0. The van der Waals surface area contributed by atoms with Gasteiger partial charge in [0.1, 0.15) is 0 Å². The molecule has 2 rings (SSSR count). The number of nitrogens with one attached hydrogen (secondary N) is 1. The minimum Gasteiger partial charge on any atom is -0.322 e. The molecule has 0 unspecified atom stereocenters. The molecule has 4 nitrogen and oxygen atoms in total. The monoisotopic (exact) mass is 249 g/mol. The Hall–Kier alpha value is -2.37. The van der Waals surface area contributed by atoms with Crippen molar-refractivity contribution >= 4 is 11.6 Å². The summed E-state index contributed by atoms with van der Waals surface area (Å²) < 4.78 is 25.7. The summed E-state index contributed by atoms with van der Waals surface area (Å²) >= 11 is 0. The maximum Gasteiger partial charge on any atom is 0.239 e. The molecule has 2 heterocycles. The van der Waals surface area contributed by atoms with E-state index in [1.165, 1.54) is 0 Å². The first-order valence-corrected chi connectivity index (χ1v) is 5.16. The molecule has 0 saturated carbocycles. The predicted octanol–water partition coefficient (Wildman–Crippen LogP) is 1.94. The maximum atomic E-state index is 13.2. The molecule has 0 aromatic carbocycles. The van der Waals surface area contributed by atoms with Crippen molar-refractivity contribution in [2.75, 3.05) is 5.32 Å². The summed E-state index contributed by atoms with van der Waals surface area (Å²) in [6, 6.07) is 5.52. The summed E-state index contributed by atoms with van der Waals surface area (Å²) in [7, 11) is 0. The van der Waals surface area contributed by atoms with E-state index in [1.807, 2.05) is 0 Å². The Labute approximate surface area is 102 Å². The normalized spacial score (nSPS) is 10.1. The van der Waals surface area contributed by atoms with Gasteiger partial charge in [0.05, 0.1) is 12.1 Å². The van der Waals surface area contributed by atoms with Crippen LogP contribution in [0, 0.1) is 11.9 Å². The lowest BCUT2D eigenvalue weighted by Gasteiger charge is -2.05. The largest absolute Gasteiger partial charge is 0.322 e. The van der Waals surface area contributed by atoms with E-state index in [9.17, 15) is 13.6 Å². The van der Waals surface area contributed by atoms with Crippen molar-refractivity contribution in [3.05, 3.63) is 54.1 Å². The van der Waals surface area contributed by atoms with Crippen LogP contribution in [-0.4, -0.2) is 15.9 Å². The molecule has 0 fully saturated rings. The van der Waals surface area contributed by atoms with Crippen molar-refractivity contribution in [2.24, 2.45) is 0 Å². The van der Waals surface area contributed by atoms with Crippen molar-refractivity contribution in [1.82, 2.24) is 9.97 Å². The van der Waals surface area contributed by atoms with Crippen LogP contribution in [0.1, 0.15) is 5.56 Å². The molecule has 0 radical (unpaired) electrons. The zero-order chi connectivity index (χ0) is 13.0. The molecule has 0 atom stereocenters. The first-order valence-electron chi connectivity index (χ1n) is 5.16. The molecular weight excluding hydrogens is 240 g/mol. The average molecular weight is 249 g/mol. The number of nitrogens with zero attached hydrogens (tertiary/aromatic N) is 2. The second-order valence-electron chi connectivity index (χ2n) is 3.56. The minimum absolute atomic E-state index is 0.0602. The van der Waals surface area contributed by atoms with Crippen LogP contribution in [0.2, 0.25) is 0 Å². The first-order chi connectivity index (χ1) is 8.65. The Kier molecular flexibility index (Phi) is 3.57. The van der Waals surface area contributed by atoms with Gasteiger partial charge in [-0.3, -0.25) is 9.78 Å². The summed E-state index contributed by atoms with van der Waals surface area (Å²) in [4.78, 5) is 18.4. The molecular formula is C12H9F2N3O. The Bertz CT molecular complexity index is 561. The molecule has 1 N–H and O–H groups in total. The van der Waals surface area contributed by atoms with Gasteiger partial charge < -0.3 is 5.32 Å². The standard InChI is InChI=1S/C12H9F2N3O/c13-10-4-3-9(12(14)17-10)16-11(18)6-8-2-1-5-15-7-8/h1-5,7H,6H2,(H,16,18). The Balaban J connectivity index is 2.03. The van der Waals surface area contributed by atoms with Gasteiger partial charge in [0.15, 0.2) is 0 Å². The summed E-state index contributed by atoms with van der Waals surface area (Å²) in [5, 5.41) is 2.32. The minimum atomic E-state index is -1.05. The van der Waals surface area contributed by atoms with Crippen LogP contribution < -0.4 is 5.32 Å². The van der Waals surface area contributed by atoms with Gasteiger partial charge in [-0.2, -0.15) is 13.8 Å². The Morgan fingerprint density at radius 1 is 1.28 bits per heavy atom. The van der Waals surface area contributed by atoms with E-state index in [2.05, 4.69) is 15.3 Å². The smallest absolute Gasteiger partial charge is 0.239 e. The number of carbonyl (C=O) groups is 1. The molecule has 0 aliphatic carbocycles. The number of anilines is 1. The van der Waals surface area contributed by atoms with Crippen molar-refractivity contribution in [1.29, 1.82) is 0 Å². The van der Waals surface area contributed by atoms with E-state index in [0.29, 0.717) is 5.56 Å². The van der Waals surface area contributed by atoms with Gasteiger partial charge in [-0.25, -0.2) is 0 Å². The molecule has 18 heavy (non-hydrogen) atoms. The van der Waals surface area contributed by atoms with Gasteiger partial charge in [-0.1, -0.05) is 6.07 Å². The molecule has 0 bridgehead atoms. The highest BCUT2D eigenvalue weighted by Gasteiger charge is 2.09. The molecule has 2 aromatic rings. The molecule has 0 saturated heterocycles. The van der Waals surface area contributed by atoms with Crippen LogP contribution in [0.25, 0.3) is 0 Å². The molecule has 2 aromatic heterocycles. The number of rotatable bonds is 3. The van der Waals surface area contributed by atoms with Gasteiger partial charge in [-0.15, -0.1) is 0 Å². The number of amides is 1. The predicted molar refractivity (Wildman–Crippen MR) is 60.7 cm³/mol. The fraction of sp³-hybridized carbons (Fsp3) is 0.0833. The van der Waals surface area contributed by atoms with Crippen LogP contribution in [-0.2, 0) is 11.2 Å². The highest BCUT2D eigenvalue weighted by Crippen LogP contribution is 2.12. The van der Waals surface area contributed by atoms with E-state index >= 15 is 0 Å². The number of hydrogen-bond acceptors (Lipinski definition) is 3. The Morgan fingerprint density at radius 3 is 2.78 bits per heavy atom. The van der Waals surface area contributed by atoms with E-state index in [0.717, 1.165) is 12.1 Å². The first kappa shape index (κ1) is 12.1. The number of halogens is 2. The van der Waals surface area contributed by atoms with E-state index in [-0.39, 0.29) is 12.1 Å². The number of pyridine rings is 2. The van der Waals surface area contributed by atoms with Crippen LogP contribution >= 0.6 is 0 Å². The summed E-state index contributed by atoms with van der Waals surface area (Å²) in [6.07, 6.45) is 3.19. The third-order valence-electron chi connectivity index (χ3n) is 2.18. The molecule has 6 heteroatoms. The maximum absolute atomic E-state index is 13.2. The topological polar surface area (TPSA) is 54.9 Å². The lowest BCUT2D eigenvalue weighted by Crippen LogP contribution is -2.16. The molecule has 0 aliphatic heterocycles. The van der Waals surface area contributed by atoms with Crippen LogP contribution in [0.3, 0.4) is 0 Å². The van der Waals surface area contributed by atoms with Gasteiger partial charge in [-0.05, 0) is 23.8 Å². The number of aromatic nitrogens is 2. The van der Waals surface area contributed by atoms with Crippen LogP contribution in [0.5, 0.6) is 0 Å². The Morgan fingerprint density at radius 2 is 2.11 bits per heavy atom. The van der Waals surface area contributed by atoms with Crippen LogP contribution in [0.15, 0.2) is 36.7 Å². The molecule has 0 aliphatic rings. The number of carbonyl (C=O) groups excluding carboxylic acids is 1. The fourth-order valence-corrected chi connectivity index (χ4v) is 1.39. The van der Waals surface area contributed by atoms with E-state index in [4.69, 9.17) is 0 Å². The average Bonchev–Trinajstić information content (AvgIpc) is 2.34. The second-order valence-corrected chi connectivity index (χ2v) is 3.56. The van der Waals surface area contributed by atoms with Crippen molar-refractivity contribution in [2.45, 2.75) is 6.42 Å². The van der Waals surface area contributed by atoms with Gasteiger partial charge in [0.25, 0.3) is 0 Å². The van der Waals surface area contributed by atoms with E-state index in [1.54, 1.807) is 24.5 Å². The van der Waals surface area contributed by atoms with Gasteiger partial charge in [0.2, 0.25) is 17.8 Å². The molecule has 92 valence electrons. The highest BCUT2D eigenvalue weighted by molar-refractivity contribution is 5.92. The zero-order valence-corrected chi connectivity index (χ0v) is 9.23. The summed E-state index contributed by atoms with van der Waals surface area (Å²) in [5.41, 5.74) is 0.552. The fourth-order valence-electron chi connectivity index (χ4n) is 1.39. The zero-order valence-electron chi connectivity index (χ0n) is 9.23. The van der Waals surface area contributed by atoms with Gasteiger partial charge >= 0.3 is 0 Å². The van der Waals surface area contributed by atoms with E-state index < -0.39 is 17.8 Å². The second kappa shape index (κ2) is 5.31. The number of hydrogen-bond donors (Lipinski definition) is 1. The lowest BCUT2D eigenvalue weighted by atomic mass is 10.2. The van der Waals surface area contributed by atoms with Crippen molar-refractivity contribution < 1.29 is 13.6 Å². The quantitative estimate of drug-likeness (QED) is 0.846. The molecule has 0 spiro atoms.